The zero-order valence-electron chi connectivity index (χ0n) is 14.2. The molecule has 1 aromatic carbocycles. The van der Waals surface area contributed by atoms with Crippen LogP contribution >= 0.6 is 0 Å². The first-order valence-corrected chi connectivity index (χ1v) is 10.4. The van der Waals surface area contributed by atoms with E-state index >= 15 is 0 Å². The van der Waals surface area contributed by atoms with E-state index in [1.807, 2.05) is 0 Å². The SMILES string of the molecule is CS(=O)(=O)Cc1ccc(C(=O)C(C#N)C(=O)NC2CCCCC2)cc1. The van der Waals surface area contributed by atoms with Crippen LogP contribution in [0.15, 0.2) is 24.3 Å². The van der Waals surface area contributed by atoms with Crippen LogP contribution in [0.3, 0.4) is 0 Å². The lowest BCUT2D eigenvalue weighted by Gasteiger charge is -2.23. The van der Waals surface area contributed by atoms with Gasteiger partial charge in [0, 0.05) is 17.9 Å². The van der Waals surface area contributed by atoms with Gasteiger partial charge in [-0.25, -0.2) is 8.42 Å². The van der Waals surface area contributed by atoms with Crippen molar-refractivity contribution in [3.05, 3.63) is 35.4 Å². The third-order valence-corrected chi connectivity index (χ3v) is 5.13. The number of amides is 1. The number of benzene rings is 1. The molecule has 1 unspecified atom stereocenters. The number of rotatable bonds is 6. The van der Waals surface area contributed by atoms with Crippen LogP contribution in [0.25, 0.3) is 0 Å². The van der Waals surface area contributed by atoms with E-state index in [2.05, 4.69) is 5.32 Å². The van der Waals surface area contributed by atoms with Crippen molar-refractivity contribution in [1.29, 1.82) is 5.26 Å². The molecule has 1 saturated carbocycles. The maximum atomic E-state index is 12.5. The Morgan fingerprint density at radius 1 is 1.20 bits per heavy atom. The molecule has 1 N–H and O–H groups in total. The van der Waals surface area contributed by atoms with E-state index in [-0.39, 0.29) is 17.4 Å². The zero-order valence-corrected chi connectivity index (χ0v) is 15.0. The molecule has 7 heteroatoms. The Hall–Kier alpha value is -2.20. The summed E-state index contributed by atoms with van der Waals surface area (Å²) < 4.78 is 22.6. The minimum absolute atomic E-state index is 0.0297. The molecule has 1 aliphatic carbocycles. The summed E-state index contributed by atoms with van der Waals surface area (Å²) >= 11 is 0. The van der Waals surface area contributed by atoms with Crippen molar-refractivity contribution in [3.63, 3.8) is 0 Å². The monoisotopic (exact) mass is 362 g/mol. The summed E-state index contributed by atoms with van der Waals surface area (Å²) in [4.78, 5) is 24.7. The van der Waals surface area contributed by atoms with Crippen molar-refractivity contribution < 1.29 is 18.0 Å². The number of carbonyl (C=O) groups is 2. The van der Waals surface area contributed by atoms with Crippen molar-refractivity contribution >= 4 is 21.5 Å². The van der Waals surface area contributed by atoms with Gasteiger partial charge in [-0.15, -0.1) is 0 Å². The summed E-state index contributed by atoms with van der Waals surface area (Å²) in [5.41, 5.74) is 0.779. The van der Waals surface area contributed by atoms with Gasteiger partial charge in [-0.05, 0) is 18.4 Å². The Morgan fingerprint density at radius 3 is 2.32 bits per heavy atom. The van der Waals surface area contributed by atoms with Crippen LogP contribution in [0.1, 0.15) is 48.0 Å². The minimum atomic E-state index is -3.16. The van der Waals surface area contributed by atoms with Crippen LogP contribution in [0.2, 0.25) is 0 Å². The number of ketones is 1. The molecule has 134 valence electrons. The maximum Gasteiger partial charge on any atom is 0.245 e. The van der Waals surface area contributed by atoms with Crippen LogP contribution in [0.4, 0.5) is 0 Å². The number of Topliss-reactive ketones (excluding diaryl/α,β-unsaturated/α-hetero) is 1. The number of hydrogen-bond acceptors (Lipinski definition) is 5. The molecular weight excluding hydrogens is 340 g/mol. The second-order valence-electron chi connectivity index (χ2n) is 6.54. The molecule has 0 saturated heterocycles. The minimum Gasteiger partial charge on any atom is -0.352 e. The molecule has 0 spiro atoms. The van der Waals surface area contributed by atoms with Gasteiger partial charge < -0.3 is 5.32 Å². The molecule has 1 atom stereocenters. The number of nitrogens with one attached hydrogen (secondary N) is 1. The number of nitrogens with zero attached hydrogens (tertiary/aromatic N) is 1. The van der Waals surface area contributed by atoms with Crippen LogP contribution < -0.4 is 5.32 Å². The molecule has 0 aliphatic heterocycles. The summed E-state index contributed by atoms with van der Waals surface area (Å²) in [5, 5.41) is 12.1. The summed E-state index contributed by atoms with van der Waals surface area (Å²) in [6, 6.07) is 7.79. The van der Waals surface area contributed by atoms with E-state index < -0.39 is 27.4 Å². The Kier molecular flexibility index (Phi) is 6.32. The average molecular weight is 362 g/mol. The van der Waals surface area contributed by atoms with Crippen LogP contribution in [-0.2, 0) is 20.4 Å². The molecule has 0 heterocycles. The van der Waals surface area contributed by atoms with Crippen molar-refractivity contribution in [3.8, 4) is 6.07 Å². The van der Waals surface area contributed by atoms with Crippen molar-refractivity contribution in [1.82, 2.24) is 5.32 Å². The average Bonchev–Trinajstić information content (AvgIpc) is 2.55. The Balaban J connectivity index is 2.05. The Morgan fingerprint density at radius 2 is 1.80 bits per heavy atom. The summed E-state index contributed by atoms with van der Waals surface area (Å²) in [6.45, 7) is 0. The van der Waals surface area contributed by atoms with Gasteiger partial charge in [-0.3, -0.25) is 9.59 Å². The van der Waals surface area contributed by atoms with Gasteiger partial charge in [0.05, 0.1) is 11.8 Å². The number of sulfone groups is 1. The highest BCUT2D eigenvalue weighted by Crippen LogP contribution is 2.18. The first-order chi connectivity index (χ1) is 11.8. The molecule has 0 radical (unpaired) electrons. The van der Waals surface area contributed by atoms with Gasteiger partial charge in [-0.2, -0.15) is 5.26 Å². The number of nitriles is 1. The standard InChI is InChI=1S/C18H22N2O4S/c1-25(23,24)12-13-7-9-14(10-8-13)17(21)16(11-19)18(22)20-15-5-3-2-4-6-15/h7-10,15-16H,2-6,12H2,1H3,(H,20,22). The van der Waals surface area contributed by atoms with Crippen LogP contribution in [0.5, 0.6) is 0 Å². The van der Waals surface area contributed by atoms with Crippen molar-refractivity contribution in [2.75, 3.05) is 6.26 Å². The lowest BCUT2D eigenvalue weighted by molar-refractivity contribution is -0.123. The highest BCUT2D eigenvalue weighted by molar-refractivity contribution is 7.89. The van der Waals surface area contributed by atoms with E-state index in [1.165, 1.54) is 24.3 Å². The number of carbonyl (C=O) groups excluding carboxylic acids is 2. The predicted molar refractivity (Wildman–Crippen MR) is 93.4 cm³/mol. The highest BCUT2D eigenvalue weighted by atomic mass is 32.2. The van der Waals surface area contributed by atoms with Gasteiger partial charge in [0.25, 0.3) is 0 Å². The van der Waals surface area contributed by atoms with E-state index in [9.17, 15) is 23.3 Å². The lowest BCUT2D eigenvalue weighted by atomic mass is 9.93. The third-order valence-electron chi connectivity index (χ3n) is 4.27. The van der Waals surface area contributed by atoms with Gasteiger partial charge in [0.15, 0.2) is 21.5 Å². The molecule has 0 bridgehead atoms. The fraction of sp³-hybridized carbons (Fsp3) is 0.500. The Labute approximate surface area is 148 Å². The molecular formula is C18H22N2O4S. The fourth-order valence-electron chi connectivity index (χ4n) is 3.00. The molecule has 25 heavy (non-hydrogen) atoms. The van der Waals surface area contributed by atoms with Gasteiger partial charge in [0.1, 0.15) is 0 Å². The van der Waals surface area contributed by atoms with Gasteiger partial charge >= 0.3 is 0 Å². The second-order valence-corrected chi connectivity index (χ2v) is 8.68. The normalized spacial score (nSPS) is 16.6. The lowest BCUT2D eigenvalue weighted by Crippen LogP contribution is -2.42. The van der Waals surface area contributed by atoms with E-state index in [0.717, 1.165) is 38.4 Å². The summed E-state index contributed by atoms with van der Waals surface area (Å²) in [5.74, 6) is -2.63. The third kappa shape index (κ3) is 5.68. The molecule has 1 fully saturated rings. The first kappa shape index (κ1) is 19.1. The molecule has 1 aromatic rings. The molecule has 1 aliphatic rings. The van der Waals surface area contributed by atoms with Crippen LogP contribution in [-0.4, -0.2) is 32.4 Å². The Bertz CT molecular complexity index is 772. The smallest absolute Gasteiger partial charge is 0.245 e. The van der Waals surface area contributed by atoms with Gasteiger partial charge in [-0.1, -0.05) is 43.5 Å². The van der Waals surface area contributed by atoms with Crippen molar-refractivity contribution in [2.24, 2.45) is 5.92 Å². The highest BCUT2D eigenvalue weighted by Gasteiger charge is 2.29. The second kappa shape index (κ2) is 8.26. The number of hydrogen-bond donors (Lipinski definition) is 1. The maximum absolute atomic E-state index is 12.5. The van der Waals surface area contributed by atoms with Crippen molar-refractivity contribution in [2.45, 2.75) is 43.9 Å². The van der Waals surface area contributed by atoms with E-state index in [4.69, 9.17) is 0 Å². The molecule has 0 aromatic heterocycles. The summed E-state index contributed by atoms with van der Waals surface area (Å²) in [7, 11) is -3.16. The fourth-order valence-corrected chi connectivity index (χ4v) is 3.80. The largest absolute Gasteiger partial charge is 0.352 e. The van der Waals surface area contributed by atoms with E-state index in [1.54, 1.807) is 6.07 Å². The molecule has 2 rings (SSSR count). The zero-order chi connectivity index (χ0) is 18.4. The van der Waals surface area contributed by atoms with Crippen LogP contribution in [0, 0.1) is 17.2 Å². The first-order valence-electron chi connectivity index (χ1n) is 8.31. The molecule has 1 amide bonds. The molecule has 6 nitrogen and oxygen atoms in total. The van der Waals surface area contributed by atoms with Gasteiger partial charge in [0.2, 0.25) is 5.91 Å². The summed E-state index contributed by atoms with van der Waals surface area (Å²) in [6.07, 6.45) is 6.10. The topological polar surface area (TPSA) is 104 Å². The predicted octanol–water partition coefficient (Wildman–Crippen LogP) is 2.00. The van der Waals surface area contributed by atoms with E-state index in [0.29, 0.717) is 5.56 Å². The quantitative estimate of drug-likeness (QED) is 0.616.